The second-order valence-electron chi connectivity index (χ2n) is 5.90. The molecule has 0 aliphatic heterocycles. The summed E-state index contributed by atoms with van der Waals surface area (Å²) in [6.45, 7) is 0.600. The first-order chi connectivity index (χ1) is 13.0. The van der Waals surface area contributed by atoms with Gasteiger partial charge >= 0.3 is 0 Å². The Morgan fingerprint density at radius 2 is 2.00 bits per heavy atom. The normalized spacial score (nSPS) is 10.4. The summed E-state index contributed by atoms with van der Waals surface area (Å²) in [6.07, 6.45) is 1.82. The summed E-state index contributed by atoms with van der Waals surface area (Å²) in [5, 5.41) is 17.7. The number of hydrogen-bond donors (Lipinski definition) is 1. The molecule has 1 amide bonds. The lowest BCUT2D eigenvalue weighted by molar-refractivity contribution is -0.384. The molecule has 1 N–H and O–H groups in total. The summed E-state index contributed by atoms with van der Waals surface area (Å²) in [6, 6.07) is 14.8. The number of nitrogens with one attached hydrogen (secondary N) is 1. The minimum absolute atomic E-state index is 0.00826. The van der Waals surface area contributed by atoms with E-state index in [-0.39, 0.29) is 18.2 Å². The molecule has 0 unspecified atom stereocenters. The van der Waals surface area contributed by atoms with Gasteiger partial charge in [-0.2, -0.15) is 5.10 Å². The van der Waals surface area contributed by atoms with E-state index in [4.69, 9.17) is 4.74 Å². The standard InChI is InChI=1S/C19H18N4O4/c1-22-10-9-16(21-22)12-20-19(24)15-4-2-3-14(11-15)13-27-18-7-5-17(6-8-18)23(25)26/h2-11H,12-13H2,1H3,(H,20,24). The molecule has 0 fully saturated rings. The summed E-state index contributed by atoms with van der Waals surface area (Å²) >= 11 is 0. The van der Waals surface area contributed by atoms with Gasteiger partial charge in [0.25, 0.3) is 11.6 Å². The van der Waals surface area contributed by atoms with Gasteiger partial charge in [0.15, 0.2) is 0 Å². The highest BCUT2D eigenvalue weighted by atomic mass is 16.6. The van der Waals surface area contributed by atoms with Crippen LogP contribution in [0.25, 0.3) is 0 Å². The number of ether oxygens (including phenoxy) is 1. The van der Waals surface area contributed by atoms with E-state index in [0.29, 0.717) is 17.9 Å². The van der Waals surface area contributed by atoms with Gasteiger partial charge in [0.05, 0.1) is 17.2 Å². The number of carbonyl (C=O) groups excluding carboxylic acids is 1. The van der Waals surface area contributed by atoms with Crippen molar-refractivity contribution in [3.8, 4) is 5.75 Å². The maximum Gasteiger partial charge on any atom is 0.269 e. The van der Waals surface area contributed by atoms with Gasteiger partial charge in [-0.1, -0.05) is 12.1 Å². The van der Waals surface area contributed by atoms with Gasteiger partial charge in [0.2, 0.25) is 0 Å². The number of hydrogen-bond acceptors (Lipinski definition) is 5. The first-order valence-corrected chi connectivity index (χ1v) is 8.24. The molecule has 3 rings (SSSR count). The molecule has 8 nitrogen and oxygen atoms in total. The smallest absolute Gasteiger partial charge is 0.269 e. The first-order valence-electron chi connectivity index (χ1n) is 8.24. The Bertz CT molecular complexity index is 950. The number of nitro groups is 1. The van der Waals surface area contributed by atoms with Gasteiger partial charge in [-0.3, -0.25) is 19.6 Å². The predicted molar refractivity (Wildman–Crippen MR) is 98.2 cm³/mol. The van der Waals surface area contributed by atoms with Crippen LogP contribution in [0.4, 0.5) is 5.69 Å². The molecule has 0 bridgehead atoms. The van der Waals surface area contributed by atoms with Crippen molar-refractivity contribution < 1.29 is 14.5 Å². The molecule has 0 spiro atoms. The maximum absolute atomic E-state index is 12.3. The van der Waals surface area contributed by atoms with Crippen molar-refractivity contribution in [1.29, 1.82) is 0 Å². The highest BCUT2D eigenvalue weighted by Gasteiger charge is 2.08. The van der Waals surface area contributed by atoms with E-state index in [1.165, 1.54) is 12.1 Å². The van der Waals surface area contributed by atoms with Crippen LogP contribution >= 0.6 is 0 Å². The zero-order valence-corrected chi connectivity index (χ0v) is 14.7. The van der Waals surface area contributed by atoms with Crippen LogP contribution in [-0.2, 0) is 20.2 Å². The van der Waals surface area contributed by atoms with Gasteiger partial charge < -0.3 is 10.1 Å². The van der Waals surface area contributed by atoms with E-state index in [9.17, 15) is 14.9 Å². The fourth-order valence-corrected chi connectivity index (χ4v) is 2.46. The average molecular weight is 366 g/mol. The molecule has 8 heteroatoms. The average Bonchev–Trinajstić information content (AvgIpc) is 3.10. The Kier molecular flexibility index (Phi) is 5.46. The largest absolute Gasteiger partial charge is 0.489 e. The molecule has 0 radical (unpaired) electrons. The molecule has 27 heavy (non-hydrogen) atoms. The van der Waals surface area contributed by atoms with Gasteiger partial charge in [-0.25, -0.2) is 0 Å². The minimum atomic E-state index is -0.461. The Morgan fingerprint density at radius 3 is 2.67 bits per heavy atom. The quantitative estimate of drug-likeness (QED) is 0.512. The van der Waals surface area contributed by atoms with Crippen molar-refractivity contribution in [2.75, 3.05) is 0 Å². The summed E-state index contributed by atoms with van der Waals surface area (Å²) in [5.41, 5.74) is 2.13. The van der Waals surface area contributed by atoms with Crippen molar-refractivity contribution in [3.63, 3.8) is 0 Å². The SMILES string of the molecule is Cn1ccc(CNC(=O)c2cccc(COc3ccc([N+](=O)[O-])cc3)c2)n1. The zero-order chi connectivity index (χ0) is 19.2. The summed E-state index contributed by atoms with van der Waals surface area (Å²) in [4.78, 5) is 22.5. The molecule has 0 aliphatic carbocycles. The van der Waals surface area contributed by atoms with Crippen LogP contribution in [-0.4, -0.2) is 20.6 Å². The summed E-state index contributed by atoms with van der Waals surface area (Å²) < 4.78 is 7.30. The first kappa shape index (κ1) is 18.1. The number of benzene rings is 2. The molecule has 1 heterocycles. The van der Waals surface area contributed by atoms with Crippen LogP contribution in [0.5, 0.6) is 5.75 Å². The molecule has 0 atom stereocenters. The van der Waals surface area contributed by atoms with Crippen LogP contribution in [0, 0.1) is 10.1 Å². The van der Waals surface area contributed by atoms with Crippen LogP contribution in [0.1, 0.15) is 21.6 Å². The van der Waals surface area contributed by atoms with Gasteiger partial charge in [0, 0.05) is 30.9 Å². The second-order valence-corrected chi connectivity index (χ2v) is 5.90. The van der Waals surface area contributed by atoms with Gasteiger partial charge in [-0.05, 0) is 35.9 Å². The lowest BCUT2D eigenvalue weighted by Crippen LogP contribution is -2.23. The van der Waals surface area contributed by atoms with Crippen molar-refractivity contribution in [2.45, 2.75) is 13.2 Å². The van der Waals surface area contributed by atoms with Crippen LogP contribution < -0.4 is 10.1 Å². The van der Waals surface area contributed by atoms with E-state index in [0.717, 1.165) is 11.3 Å². The Morgan fingerprint density at radius 1 is 1.22 bits per heavy atom. The third-order valence-electron chi connectivity index (χ3n) is 3.84. The minimum Gasteiger partial charge on any atom is -0.489 e. The molecule has 138 valence electrons. The molecular formula is C19H18N4O4. The highest BCUT2D eigenvalue weighted by Crippen LogP contribution is 2.18. The van der Waals surface area contributed by atoms with Gasteiger partial charge in [-0.15, -0.1) is 0 Å². The molecular weight excluding hydrogens is 348 g/mol. The van der Waals surface area contributed by atoms with E-state index < -0.39 is 4.92 Å². The third kappa shape index (κ3) is 4.91. The third-order valence-corrected chi connectivity index (χ3v) is 3.84. The topological polar surface area (TPSA) is 99.3 Å². The van der Waals surface area contributed by atoms with Crippen LogP contribution in [0.15, 0.2) is 60.8 Å². The lowest BCUT2D eigenvalue weighted by atomic mass is 10.1. The molecule has 3 aromatic rings. The van der Waals surface area contributed by atoms with Crippen molar-refractivity contribution in [1.82, 2.24) is 15.1 Å². The van der Waals surface area contributed by atoms with E-state index in [1.807, 2.05) is 25.4 Å². The number of non-ortho nitro benzene ring substituents is 1. The number of nitro benzene ring substituents is 1. The number of aromatic nitrogens is 2. The Hall–Kier alpha value is -3.68. The number of carbonyl (C=O) groups is 1. The highest BCUT2D eigenvalue weighted by molar-refractivity contribution is 5.94. The van der Waals surface area contributed by atoms with E-state index in [1.54, 1.807) is 35.0 Å². The Labute approximate surface area is 155 Å². The molecule has 2 aromatic carbocycles. The van der Waals surface area contributed by atoms with Crippen molar-refractivity contribution >= 4 is 11.6 Å². The fraction of sp³-hybridized carbons (Fsp3) is 0.158. The van der Waals surface area contributed by atoms with Crippen molar-refractivity contribution in [3.05, 3.63) is 87.7 Å². The number of nitrogens with zero attached hydrogens (tertiary/aromatic N) is 3. The van der Waals surface area contributed by atoms with E-state index in [2.05, 4.69) is 10.4 Å². The molecule has 0 aliphatic rings. The Balaban J connectivity index is 1.57. The number of amides is 1. The number of aryl methyl sites for hydroxylation is 1. The van der Waals surface area contributed by atoms with Crippen LogP contribution in [0.2, 0.25) is 0 Å². The summed E-state index contributed by atoms with van der Waals surface area (Å²) in [7, 11) is 1.82. The van der Waals surface area contributed by atoms with Crippen molar-refractivity contribution in [2.24, 2.45) is 7.05 Å². The summed E-state index contributed by atoms with van der Waals surface area (Å²) in [5.74, 6) is 0.323. The number of rotatable bonds is 7. The fourth-order valence-electron chi connectivity index (χ4n) is 2.46. The van der Waals surface area contributed by atoms with Gasteiger partial charge in [0.1, 0.15) is 12.4 Å². The lowest BCUT2D eigenvalue weighted by Gasteiger charge is -2.08. The predicted octanol–water partition coefficient (Wildman–Crippen LogP) is 2.84. The zero-order valence-electron chi connectivity index (χ0n) is 14.7. The van der Waals surface area contributed by atoms with E-state index >= 15 is 0 Å². The molecule has 1 aromatic heterocycles. The molecule has 0 saturated carbocycles. The maximum atomic E-state index is 12.3. The van der Waals surface area contributed by atoms with Crippen LogP contribution in [0.3, 0.4) is 0 Å². The molecule has 0 saturated heterocycles. The monoisotopic (exact) mass is 366 g/mol. The second kappa shape index (κ2) is 8.13.